The minimum atomic E-state index is 0.776. The molecule has 0 fully saturated rings. The molecule has 0 N–H and O–H groups in total. The summed E-state index contributed by atoms with van der Waals surface area (Å²) in [4.78, 5) is 0. The molecule has 0 heterocycles. The molecule has 0 aliphatic carbocycles. The van der Waals surface area contributed by atoms with Gasteiger partial charge in [0, 0.05) is 0 Å². The van der Waals surface area contributed by atoms with Gasteiger partial charge in [0.2, 0.25) is 0 Å². The van der Waals surface area contributed by atoms with Gasteiger partial charge >= 0.3 is 0 Å². The van der Waals surface area contributed by atoms with Crippen LogP contribution in [0.5, 0.6) is 23.0 Å². The Morgan fingerprint density at radius 1 is 0.308 bits per heavy atom. The topological polar surface area (TPSA) is 18.5 Å². The van der Waals surface area contributed by atoms with E-state index in [-0.39, 0.29) is 0 Å². The second-order valence-electron chi connectivity index (χ2n) is 5.88. The van der Waals surface area contributed by atoms with Crippen LogP contribution in [0.2, 0.25) is 0 Å². The van der Waals surface area contributed by atoms with E-state index in [0.717, 1.165) is 23.0 Å². The third-order valence-corrected chi connectivity index (χ3v) is 4.00. The van der Waals surface area contributed by atoms with Gasteiger partial charge < -0.3 is 9.47 Å². The molecule has 0 saturated carbocycles. The van der Waals surface area contributed by atoms with Gasteiger partial charge in [-0.25, -0.2) is 0 Å². The van der Waals surface area contributed by atoms with Gasteiger partial charge in [-0.3, -0.25) is 0 Å². The van der Waals surface area contributed by atoms with E-state index in [4.69, 9.17) is 9.47 Å². The van der Waals surface area contributed by atoms with Crippen LogP contribution in [0.25, 0.3) is 11.1 Å². The Kier molecular flexibility index (Phi) is 4.66. The van der Waals surface area contributed by atoms with Gasteiger partial charge in [0.1, 0.15) is 23.0 Å². The molecule has 0 spiro atoms. The van der Waals surface area contributed by atoms with Crippen LogP contribution < -0.4 is 9.47 Å². The van der Waals surface area contributed by atoms with Crippen molar-refractivity contribution < 1.29 is 9.47 Å². The molecule has 2 nitrogen and oxygen atoms in total. The van der Waals surface area contributed by atoms with Crippen molar-refractivity contribution in [1.82, 2.24) is 0 Å². The summed E-state index contributed by atoms with van der Waals surface area (Å²) in [6.07, 6.45) is 0. The van der Waals surface area contributed by atoms with E-state index in [0.29, 0.717) is 0 Å². The maximum Gasteiger partial charge on any atom is 0.127 e. The van der Waals surface area contributed by atoms with E-state index in [1.165, 1.54) is 11.1 Å². The molecule has 26 heavy (non-hydrogen) atoms. The molecule has 0 aromatic heterocycles. The molecule has 2 heteroatoms. The van der Waals surface area contributed by atoms with Gasteiger partial charge in [-0.2, -0.15) is 0 Å². The van der Waals surface area contributed by atoms with Crippen LogP contribution in [0.4, 0.5) is 0 Å². The van der Waals surface area contributed by atoms with Crippen LogP contribution in [-0.2, 0) is 0 Å². The highest BCUT2D eigenvalue weighted by Crippen LogP contribution is 2.28. The van der Waals surface area contributed by atoms with Crippen molar-refractivity contribution >= 4 is 0 Å². The molecule has 0 aliphatic rings. The number of ether oxygens (including phenoxy) is 2. The second kappa shape index (κ2) is 7.58. The largest absolute Gasteiger partial charge is 0.457 e. The number of hydrogen-bond acceptors (Lipinski definition) is 2. The quantitative estimate of drug-likeness (QED) is 0.392. The lowest BCUT2D eigenvalue weighted by molar-refractivity contribution is 0.469. The summed E-state index contributed by atoms with van der Waals surface area (Å²) in [7, 11) is 0. The Balaban J connectivity index is 1.42. The fourth-order valence-electron chi connectivity index (χ4n) is 2.68. The first-order chi connectivity index (χ1) is 12.9. The Morgan fingerprint density at radius 3 is 1.15 bits per heavy atom. The van der Waals surface area contributed by atoms with Crippen molar-refractivity contribution in [2.75, 3.05) is 0 Å². The summed E-state index contributed by atoms with van der Waals surface area (Å²) >= 11 is 0. The smallest absolute Gasteiger partial charge is 0.127 e. The SMILES string of the molecule is c1ccc(Oc2ccc(Oc3ccc(-c4ccccc4)cc3)cc2)cc1. The summed E-state index contributed by atoms with van der Waals surface area (Å²) in [6, 6.07) is 35.7. The molecule has 0 unspecified atom stereocenters. The third kappa shape index (κ3) is 3.93. The van der Waals surface area contributed by atoms with Gasteiger partial charge in [-0.1, -0.05) is 60.7 Å². The van der Waals surface area contributed by atoms with E-state index in [1.807, 2.05) is 84.9 Å². The molecule has 4 aromatic carbocycles. The highest BCUT2D eigenvalue weighted by atomic mass is 16.5. The van der Waals surface area contributed by atoms with Crippen LogP contribution in [0.1, 0.15) is 0 Å². The Hall–Kier alpha value is -3.52. The van der Waals surface area contributed by atoms with Crippen LogP contribution in [0.3, 0.4) is 0 Å². The molecule has 0 bridgehead atoms. The summed E-state index contributed by atoms with van der Waals surface area (Å²) in [5.41, 5.74) is 2.37. The van der Waals surface area contributed by atoms with Gasteiger partial charge in [-0.15, -0.1) is 0 Å². The van der Waals surface area contributed by atoms with Crippen molar-refractivity contribution in [1.29, 1.82) is 0 Å². The first kappa shape index (κ1) is 16.0. The Labute approximate surface area is 153 Å². The summed E-state index contributed by atoms with van der Waals surface area (Å²) in [6.45, 7) is 0. The van der Waals surface area contributed by atoms with Crippen LogP contribution >= 0.6 is 0 Å². The van der Waals surface area contributed by atoms with Crippen LogP contribution in [0.15, 0.2) is 109 Å². The molecule has 126 valence electrons. The molecule has 4 aromatic rings. The number of hydrogen-bond donors (Lipinski definition) is 0. The zero-order valence-electron chi connectivity index (χ0n) is 14.2. The standard InChI is InChI=1S/C24H18O2/c1-3-7-19(8-4-1)20-11-13-22(14-12-20)26-24-17-15-23(16-18-24)25-21-9-5-2-6-10-21/h1-18H. The van der Waals surface area contributed by atoms with Gasteiger partial charge in [0.25, 0.3) is 0 Å². The predicted molar refractivity (Wildman–Crippen MR) is 105 cm³/mol. The maximum atomic E-state index is 5.92. The van der Waals surface area contributed by atoms with Crippen LogP contribution in [-0.4, -0.2) is 0 Å². The van der Waals surface area contributed by atoms with Crippen molar-refractivity contribution in [3.05, 3.63) is 109 Å². The second-order valence-corrected chi connectivity index (χ2v) is 5.88. The van der Waals surface area contributed by atoms with Gasteiger partial charge in [-0.05, 0) is 59.7 Å². The molecule has 4 rings (SSSR count). The minimum absolute atomic E-state index is 0.776. The lowest BCUT2D eigenvalue weighted by atomic mass is 10.1. The number of rotatable bonds is 5. The van der Waals surface area contributed by atoms with E-state index in [9.17, 15) is 0 Å². The first-order valence-electron chi connectivity index (χ1n) is 8.53. The van der Waals surface area contributed by atoms with Gasteiger partial charge in [0.15, 0.2) is 0 Å². The van der Waals surface area contributed by atoms with Crippen molar-refractivity contribution in [3.63, 3.8) is 0 Å². The maximum absolute atomic E-state index is 5.92. The number of para-hydroxylation sites is 1. The third-order valence-electron chi connectivity index (χ3n) is 4.00. The fraction of sp³-hybridized carbons (Fsp3) is 0. The molecule has 0 radical (unpaired) electrons. The van der Waals surface area contributed by atoms with E-state index in [2.05, 4.69) is 24.3 Å². The van der Waals surface area contributed by atoms with Crippen molar-refractivity contribution in [2.45, 2.75) is 0 Å². The highest BCUT2D eigenvalue weighted by Gasteiger charge is 2.01. The normalized spacial score (nSPS) is 10.3. The van der Waals surface area contributed by atoms with Gasteiger partial charge in [0.05, 0.1) is 0 Å². The van der Waals surface area contributed by atoms with Crippen molar-refractivity contribution in [3.8, 4) is 34.1 Å². The Morgan fingerprint density at radius 2 is 0.654 bits per heavy atom. The molecular formula is C24H18O2. The summed E-state index contributed by atoms with van der Waals surface area (Å²) < 4.78 is 11.7. The zero-order valence-corrected chi connectivity index (χ0v) is 14.2. The Bertz CT molecular complexity index is 944. The summed E-state index contributed by atoms with van der Waals surface area (Å²) in [5, 5.41) is 0. The highest BCUT2D eigenvalue weighted by molar-refractivity contribution is 5.64. The molecule has 0 aliphatic heterocycles. The summed E-state index contributed by atoms with van der Waals surface area (Å²) in [5.74, 6) is 3.18. The van der Waals surface area contributed by atoms with E-state index in [1.54, 1.807) is 0 Å². The van der Waals surface area contributed by atoms with Crippen LogP contribution in [0, 0.1) is 0 Å². The predicted octanol–water partition coefficient (Wildman–Crippen LogP) is 6.94. The molecule has 0 atom stereocenters. The van der Waals surface area contributed by atoms with E-state index >= 15 is 0 Å². The monoisotopic (exact) mass is 338 g/mol. The molecule has 0 amide bonds. The van der Waals surface area contributed by atoms with Crippen molar-refractivity contribution in [2.24, 2.45) is 0 Å². The lowest BCUT2D eigenvalue weighted by Crippen LogP contribution is -1.86. The lowest BCUT2D eigenvalue weighted by Gasteiger charge is -2.09. The average Bonchev–Trinajstić information content (AvgIpc) is 2.72. The van der Waals surface area contributed by atoms with E-state index < -0.39 is 0 Å². The average molecular weight is 338 g/mol. The first-order valence-corrected chi connectivity index (χ1v) is 8.53. The zero-order chi connectivity index (χ0) is 17.6. The molecule has 0 saturated heterocycles. The molecular weight excluding hydrogens is 320 g/mol. The minimum Gasteiger partial charge on any atom is -0.457 e. The number of benzene rings is 4. The fourth-order valence-corrected chi connectivity index (χ4v) is 2.68.